The molecule has 1 fully saturated rings. The third-order valence-electron chi connectivity index (χ3n) is 4.49. The second-order valence-electron chi connectivity index (χ2n) is 6.25. The van der Waals surface area contributed by atoms with Crippen molar-refractivity contribution in [3.05, 3.63) is 29.8 Å². The third kappa shape index (κ3) is 3.14. The predicted octanol–water partition coefficient (Wildman–Crippen LogP) is 4.69. The summed E-state index contributed by atoms with van der Waals surface area (Å²) in [5.74, 6) is 0.980. The van der Waals surface area contributed by atoms with E-state index in [1.165, 1.54) is 6.42 Å². The molecule has 2 rings (SSSR count). The molecular weight excluding hydrogens is 250 g/mol. The largest absolute Gasteiger partial charge is 0.465 e. The van der Waals surface area contributed by atoms with Crippen molar-refractivity contribution in [1.82, 2.24) is 0 Å². The summed E-state index contributed by atoms with van der Waals surface area (Å²) in [6, 6.07) is 7.94. The molecule has 1 aromatic rings. The molecule has 0 radical (unpaired) electrons. The van der Waals surface area contributed by atoms with Gasteiger partial charge in [0.25, 0.3) is 0 Å². The third-order valence-corrected chi connectivity index (χ3v) is 4.49. The highest BCUT2D eigenvalue weighted by Crippen LogP contribution is 2.36. The van der Waals surface area contributed by atoms with Crippen molar-refractivity contribution in [2.75, 3.05) is 4.90 Å². The standard InChI is InChI=1S/C17H25NO2/c1-12(2)15-6-4-5-7-16(15)18(17(19)20)14-10-8-13(3)9-11-14/h8-12,15-16H,4-7H2,1-3H3,(H,19,20). The van der Waals surface area contributed by atoms with Crippen molar-refractivity contribution in [3.63, 3.8) is 0 Å². The Labute approximate surface area is 121 Å². The van der Waals surface area contributed by atoms with Gasteiger partial charge in [0.15, 0.2) is 0 Å². The lowest BCUT2D eigenvalue weighted by molar-refractivity contribution is 0.180. The molecule has 110 valence electrons. The van der Waals surface area contributed by atoms with E-state index in [0.717, 1.165) is 30.5 Å². The minimum Gasteiger partial charge on any atom is -0.465 e. The fraction of sp³-hybridized carbons (Fsp3) is 0.588. The molecule has 0 spiro atoms. The number of rotatable bonds is 3. The van der Waals surface area contributed by atoms with Crippen LogP contribution in [-0.4, -0.2) is 17.2 Å². The minimum atomic E-state index is -0.827. The molecule has 1 aliphatic carbocycles. The summed E-state index contributed by atoms with van der Waals surface area (Å²) in [5.41, 5.74) is 1.96. The SMILES string of the molecule is Cc1ccc(N(C(=O)O)C2CCCCC2C(C)C)cc1. The molecule has 2 atom stereocenters. The van der Waals surface area contributed by atoms with Crippen molar-refractivity contribution in [3.8, 4) is 0 Å². The van der Waals surface area contributed by atoms with Gasteiger partial charge in [-0.2, -0.15) is 0 Å². The number of nitrogens with zero attached hydrogens (tertiary/aromatic N) is 1. The Morgan fingerprint density at radius 1 is 1.20 bits per heavy atom. The molecule has 1 aliphatic rings. The first-order chi connectivity index (χ1) is 9.50. The van der Waals surface area contributed by atoms with Crippen molar-refractivity contribution in [2.45, 2.75) is 52.5 Å². The monoisotopic (exact) mass is 275 g/mol. The van der Waals surface area contributed by atoms with Gasteiger partial charge < -0.3 is 5.11 Å². The summed E-state index contributed by atoms with van der Waals surface area (Å²) in [5, 5.41) is 9.67. The van der Waals surface area contributed by atoms with Crippen LogP contribution in [0.15, 0.2) is 24.3 Å². The normalized spacial score (nSPS) is 22.8. The molecular formula is C17H25NO2. The van der Waals surface area contributed by atoms with Crippen LogP contribution in [0.5, 0.6) is 0 Å². The molecule has 3 nitrogen and oxygen atoms in total. The van der Waals surface area contributed by atoms with Gasteiger partial charge >= 0.3 is 6.09 Å². The summed E-state index contributed by atoms with van der Waals surface area (Å²) in [7, 11) is 0. The van der Waals surface area contributed by atoms with Crippen LogP contribution >= 0.6 is 0 Å². The Hall–Kier alpha value is -1.51. The zero-order chi connectivity index (χ0) is 14.7. The predicted molar refractivity (Wildman–Crippen MR) is 82.3 cm³/mol. The lowest BCUT2D eigenvalue weighted by Crippen LogP contribution is -2.47. The number of anilines is 1. The Balaban J connectivity index is 2.31. The summed E-state index contributed by atoms with van der Waals surface area (Å²) >= 11 is 0. The van der Waals surface area contributed by atoms with Crippen LogP contribution in [0.25, 0.3) is 0 Å². The highest BCUT2D eigenvalue weighted by Gasteiger charge is 2.35. The van der Waals surface area contributed by atoms with Gasteiger partial charge in [-0.15, -0.1) is 0 Å². The number of carboxylic acid groups (broad SMARTS) is 1. The fourth-order valence-corrected chi connectivity index (χ4v) is 3.39. The maximum atomic E-state index is 11.8. The maximum absolute atomic E-state index is 11.8. The number of hydrogen-bond donors (Lipinski definition) is 1. The molecule has 1 aromatic carbocycles. The van der Waals surface area contributed by atoms with Crippen molar-refractivity contribution in [2.24, 2.45) is 11.8 Å². The van der Waals surface area contributed by atoms with Crippen molar-refractivity contribution in [1.29, 1.82) is 0 Å². The van der Waals surface area contributed by atoms with Crippen LogP contribution in [0.1, 0.15) is 45.1 Å². The lowest BCUT2D eigenvalue weighted by Gasteiger charge is -2.40. The van der Waals surface area contributed by atoms with Gasteiger partial charge in [0.05, 0.1) is 0 Å². The fourth-order valence-electron chi connectivity index (χ4n) is 3.39. The van der Waals surface area contributed by atoms with Crippen LogP contribution < -0.4 is 4.90 Å². The van der Waals surface area contributed by atoms with E-state index in [0.29, 0.717) is 11.8 Å². The maximum Gasteiger partial charge on any atom is 0.412 e. The Kier molecular flexibility index (Phi) is 4.69. The lowest BCUT2D eigenvalue weighted by atomic mass is 9.77. The van der Waals surface area contributed by atoms with Crippen molar-refractivity contribution >= 4 is 11.8 Å². The van der Waals surface area contributed by atoms with Crippen LogP contribution in [-0.2, 0) is 0 Å². The number of benzene rings is 1. The molecule has 0 aliphatic heterocycles. The zero-order valence-corrected chi connectivity index (χ0v) is 12.7. The summed E-state index contributed by atoms with van der Waals surface area (Å²) < 4.78 is 0. The molecule has 1 saturated carbocycles. The second kappa shape index (κ2) is 6.29. The minimum absolute atomic E-state index is 0.115. The second-order valence-corrected chi connectivity index (χ2v) is 6.25. The van der Waals surface area contributed by atoms with E-state index in [4.69, 9.17) is 0 Å². The average Bonchev–Trinajstić information content (AvgIpc) is 2.41. The summed E-state index contributed by atoms with van der Waals surface area (Å²) in [6.45, 7) is 6.43. The van der Waals surface area contributed by atoms with E-state index >= 15 is 0 Å². The molecule has 3 heteroatoms. The smallest absolute Gasteiger partial charge is 0.412 e. The van der Waals surface area contributed by atoms with Gasteiger partial charge in [-0.25, -0.2) is 4.79 Å². The first kappa shape index (κ1) is 14.9. The number of hydrogen-bond acceptors (Lipinski definition) is 1. The Morgan fingerprint density at radius 3 is 2.35 bits per heavy atom. The zero-order valence-electron chi connectivity index (χ0n) is 12.7. The van der Waals surface area contributed by atoms with E-state index in [-0.39, 0.29) is 6.04 Å². The van der Waals surface area contributed by atoms with Gasteiger partial charge in [-0.3, -0.25) is 4.90 Å². The van der Waals surface area contributed by atoms with Crippen molar-refractivity contribution < 1.29 is 9.90 Å². The molecule has 0 aromatic heterocycles. The average molecular weight is 275 g/mol. The highest BCUT2D eigenvalue weighted by atomic mass is 16.4. The quantitative estimate of drug-likeness (QED) is 0.869. The molecule has 0 bridgehead atoms. The number of amides is 1. The number of carbonyl (C=O) groups is 1. The molecule has 2 unspecified atom stereocenters. The van der Waals surface area contributed by atoms with Crippen LogP contribution in [0.2, 0.25) is 0 Å². The van der Waals surface area contributed by atoms with Crippen LogP contribution in [0.4, 0.5) is 10.5 Å². The van der Waals surface area contributed by atoms with E-state index in [1.54, 1.807) is 4.90 Å². The number of aryl methyl sites for hydroxylation is 1. The van der Waals surface area contributed by atoms with Gasteiger partial charge in [-0.1, -0.05) is 44.4 Å². The first-order valence-corrected chi connectivity index (χ1v) is 7.59. The van der Waals surface area contributed by atoms with Gasteiger partial charge in [-0.05, 0) is 43.7 Å². The van der Waals surface area contributed by atoms with Gasteiger partial charge in [0.2, 0.25) is 0 Å². The Morgan fingerprint density at radius 2 is 1.80 bits per heavy atom. The van der Waals surface area contributed by atoms with E-state index in [9.17, 15) is 9.90 Å². The summed E-state index contributed by atoms with van der Waals surface area (Å²) in [4.78, 5) is 13.4. The van der Waals surface area contributed by atoms with E-state index in [1.807, 2.05) is 31.2 Å². The Bertz CT molecular complexity index is 453. The van der Waals surface area contributed by atoms with Gasteiger partial charge in [0, 0.05) is 11.7 Å². The van der Waals surface area contributed by atoms with Crippen LogP contribution in [0, 0.1) is 18.8 Å². The van der Waals surface area contributed by atoms with E-state index in [2.05, 4.69) is 13.8 Å². The highest BCUT2D eigenvalue weighted by molar-refractivity contribution is 5.86. The van der Waals surface area contributed by atoms with E-state index < -0.39 is 6.09 Å². The van der Waals surface area contributed by atoms with Gasteiger partial charge in [0.1, 0.15) is 0 Å². The topological polar surface area (TPSA) is 40.5 Å². The molecule has 0 saturated heterocycles. The molecule has 1 amide bonds. The molecule has 20 heavy (non-hydrogen) atoms. The molecule has 1 N–H and O–H groups in total. The first-order valence-electron chi connectivity index (χ1n) is 7.59. The summed E-state index contributed by atoms with van der Waals surface area (Å²) in [6.07, 6.45) is 3.64. The molecule has 0 heterocycles. The van der Waals surface area contributed by atoms with Crippen LogP contribution in [0.3, 0.4) is 0 Å².